The Morgan fingerprint density at radius 3 is 2.77 bits per heavy atom. The fourth-order valence-electron chi connectivity index (χ4n) is 2.39. The number of carbonyl (C=O) groups excluding carboxylic acids is 1. The minimum Gasteiger partial charge on any atom is -0.461 e. The second-order valence-corrected chi connectivity index (χ2v) is 9.35. The topological polar surface area (TPSA) is 76.6 Å². The number of ether oxygens (including phenoxy) is 1. The molecule has 1 fully saturated rings. The number of rotatable bonds is 7. The lowest BCUT2D eigenvalue weighted by Crippen LogP contribution is -2.33. The molecule has 1 aromatic heterocycles. The Labute approximate surface area is 165 Å². The van der Waals surface area contributed by atoms with E-state index in [9.17, 15) is 13.2 Å². The lowest BCUT2D eigenvalue weighted by Gasteiger charge is -2.21. The molecule has 6 nitrogen and oxygen atoms in total. The molecule has 0 N–H and O–H groups in total. The zero-order valence-corrected chi connectivity index (χ0v) is 17.0. The van der Waals surface area contributed by atoms with E-state index in [1.54, 1.807) is 12.3 Å². The van der Waals surface area contributed by atoms with E-state index in [0.29, 0.717) is 10.0 Å². The number of nitrogens with zero attached hydrogens (tertiary/aromatic N) is 2. The monoisotopic (exact) mass is 434 g/mol. The first-order valence-electron chi connectivity index (χ1n) is 7.91. The van der Waals surface area contributed by atoms with Gasteiger partial charge in [-0.25, -0.2) is 18.2 Å². The molecule has 140 valence electrons. The van der Waals surface area contributed by atoms with E-state index >= 15 is 0 Å². The standard InChI is InChI=1S/C16H16Cl2N2O4S2/c1-2-24-16(21)13-9-25-15(19-13)8-20(11-4-5-11)26(22,23)14-7-10(17)3-6-12(14)18/h3,6-7,9,11H,2,4-5,8H2,1H3. The Hall–Kier alpha value is -1.19. The molecule has 0 atom stereocenters. The van der Waals surface area contributed by atoms with Crippen molar-refractivity contribution in [3.8, 4) is 0 Å². The molecule has 0 unspecified atom stereocenters. The molecule has 10 heteroatoms. The molecule has 2 aromatic rings. The average molecular weight is 435 g/mol. The highest BCUT2D eigenvalue weighted by Crippen LogP contribution is 2.36. The van der Waals surface area contributed by atoms with Gasteiger partial charge in [-0.1, -0.05) is 23.2 Å². The van der Waals surface area contributed by atoms with Crippen LogP contribution in [-0.2, 0) is 21.3 Å². The number of hydrogen-bond donors (Lipinski definition) is 0. The van der Waals surface area contributed by atoms with Crippen LogP contribution in [0.3, 0.4) is 0 Å². The van der Waals surface area contributed by atoms with E-state index in [4.69, 9.17) is 27.9 Å². The van der Waals surface area contributed by atoms with Gasteiger partial charge in [0, 0.05) is 16.4 Å². The molecule has 1 aliphatic carbocycles. The van der Waals surface area contributed by atoms with Crippen LogP contribution in [0.25, 0.3) is 0 Å². The Bertz CT molecular complexity index is 926. The van der Waals surface area contributed by atoms with Gasteiger partial charge in [-0.2, -0.15) is 4.31 Å². The summed E-state index contributed by atoms with van der Waals surface area (Å²) < 4.78 is 32.5. The summed E-state index contributed by atoms with van der Waals surface area (Å²) in [6.07, 6.45) is 1.54. The zero-order chi connectivity index (χ0) is 18.9. The van der Waals surface area contributed by atoms with Crippen LogP contribution in [-0.4, -0.2) is 36.3 Å². The summed E-state index contributed by atoms with van der Waals surface area (Å²) in [6, 6.07) is 4.24. The van der Waals surface area contributed by atoms with Crippen LogP contribution < -0.4 is 0 Å². The van der Waals surface area contributed by atoms with E-state index in [2.05, 4.69) is 4.98 Å². The van der Waals surface area contributed by atoms with Crippen LogP contribution in [0.4, 0.5) is 0 Å². The van der Waals surface area contributed by atoms with Gasteiger partial charge < -0.3 is 4.74 Å². The number of carbonyl (C=O) groups is 1. The quantitative estimate of drug-likeness (QED) is 0.615. The zero-order valence-electron chi connectivity index (χ0n) is 13.8. The average Bonchev–Trinajstić information content (AvgIpc) is 3.32. The Morgan fingerprint density at radius 1 is 1.38 bits per heavy atom. The number of aromatic nitrogens is 1. The van der Waals surface area contributed by atoms with Gasteiger partial charge in [0.15, 0.2) is 5.69 Å². The molecule has 1 saturated carbocycles. The highest BCUT2D eigenvalue weighted by Gasteiger charge is 2.39. The van der Waals surface area contributed by atoms with Crippen molar-refractivity contribution in [2.45, 2.75) is 37.2 Å². The van der Waals surface area contributed by atoms with Gasteiger partial charge >= 0.3 is 5.97 Å². The molecule has 0 spiro atoms. The highest BCUT2D eigenvalue weighted by atomic mass is 35.5. The molecule has 1 aromatic carbocycles. The first-order chi connectivity index (χ1) is 12.3. The third-order valence-corrected chi connectivity index (χ3v) is 7.21. The van der Waals surface area contributed by atoms with Crippen LogP contribution in [0.1, 0.15) is 35.3 Å². The minimum atomic E-state index is -3.84. The highest BCUT2D eigenvalue weighted by molar-refractivity contribution is 7.89. The van der Waals surface area contributed by atoms with Crippen molar-refractivity contribution >= 4 is 50.5 Å². The lowest BCUT2D eigenvalue weighted by molar-refractivity contribution is 0.0520. The number of esters is 1. The van der Waals surface area contributed by atoms with E-state index < -0.39 is 16.0 Å². The van der Waals surface area contributed by atoms with Crippen LogP contribution >= 0.6 is 34.5 Å². The minimum absolute atomic E-state index is 0.0271. The van der Waals surface area contributed by atoms with Crippen LogP contribution in [0.15, 0.2) is 28.5 Å². The fraction of sp³-hybridized carbons (Fsp3) is 0.375. The molecular weight excluding hydrogens is 419 g/mol. The first kappa shape index (κ1) is 19.6. The predicted octanol–water partition coefficient (Wildman–Crippen LogP) is 3.98. The molecular formula is C16H16Cl2N2O4S2. The summed E-state index contributed by atoms with van der Waals surface area (Å²) in [5.74, 6) is -0.520. The molecule has 0 aliphatic heterocycles. The lowest BCUT2D eigenvalue weighted by atomic mass is 10.4. The Kier molecular flexibility index (Phi) is 5.88. The second-order valence-electron chi connectivity index (χ2n) is 5.70. The number of benzene rings is 1. The normalized spacial score (nSPS) is 14.6. The van der Waals surface area contributed by atoms with Gasteiger partial charge in [-0.3, -0.25) is 0 Å². The van der Waals surface area contributed by atoms with Gasteiger partial charge in [-0.05, 0) is 38.0 Å². The van der Waals surface area contributed by atoms with E-state index in [1.165, 1.54) is 33.8 Å². The molecule has 3 rings (SSSR count). The molecule has 26 heavy (non-hydrogen) atoms. The number of hydrogen-bond acceptors (Lipinski definition) is 6. The van der Waals surface area contributed by atoms with Crippen molar-refractivity contribution < 1.29 is 17.9 Å². The van der Waals surface area contributed by atoms with E-state index in [-0.39, 0.29) is 34.8 Å². The summed E-state index contributed by atoms with van der Waals surface area (Å²) >= 11 is 13.3. The number of thiazole rings is 1. The van der Waals surface area contributed by atoms with Crippen molar-refractivity contribution in [2.24, 2.45) is 0 Å². The van der Waals surface area contributed by atoms with Gasteiger partial charge in [0.2, 0.25) is 10.0 Å². The molecule has 0 saturated heterocycles. The maximum Gasteiger partial charge on any atom is 0.357 e. The third kappa shape index (κ3) is 4.20. The Balaban J connectivity index is 1.88. The summed E-state index contributed by atoms with van der Waals surface area (Å²) in [5, 5.41) is 2.49. The van der Waals surface area contributed by atoms with E-state index in [1.807, 2.05) is 0 Å². The van der Waals surface area contributed by atoms with Gasteiger partial charge in [-0.15, -0.1) is 11.3 Å². The number of halogens is 2. The SMILES string of the molecule is CCOC(=O)c1csc(CN(C2CC2)S(=O)(=O)c2cc(Cl)ccc2Cl)n1. The fourth-order valence-corrected chi connectivity index (χ4v) is 5.62. The molecule has 1 heterocycles. The smallest absolute Gasteiger partial charge is 0.357 e. The summed E-state index contributed by atoms with van der Waals surface area (Å²) in [5.41, 5.74) is 0.181. The third-order valence-electron chi connectivity index (χ3n) is 3.76. The molecule has 0 amide bonds. The van der Waals surface area contributed by atoms with Crippen LogP contribution in [0.5, 0.6) is 0 Å². The van der Waals surface area contributed by atoms with Crippen molar-refractivity contribution in [2.75, 3.05) is 6.61 Å². The van der Waals surface area contributed by atoms with Crippen LogP contribution in [0.2, 0.25) is 10.0 Å². The molecule has 0 bridgehead atoms. The summed E-state index contributed by atoms with van der Waals surface area (Å²) in [7, 11) is -3.84. The molecule has 1 aliphatic rings. The van der Waals surface area contributed by atoms with Crippen molar-refractivity contribution in [3.63, 3.8) is 0 Å². The summed E-state index contributed by atoms with van der Waals surface area (Å²) in [4.78, 5) is 15.9. The van der Waals surface area contributed by atoms with Crippen molar-refractivity contribution in [1.82, 2.24) is 9.29 Å². The van der Waals surface area contributed by atoms with Gasteiger partial charge in [0.05, 0.1) is 18.2 Å². The van der Waals surface area contributed by atoms with Crippen LogP contribution in [0, 0.1) is 0 Å². The van der Waals surface area contributed by atoms with Crippen molar-refractivity contribution in [3.05, 3.63) is 44.3 Å². The van der Waals surface area contributed by atoms with Crippen molar-refractivity contribution in [1.29, 1.82) is 0 Å². The van der Waals surface area contributed by atoms with Gasteiger partial charge in [0.25, 0.3) is 0 Å². The van der Waals surface area contributed by atoms with E-state index in [0.717, 1.165) is 12.8 Å². The number of sulfonamides is 1. The van der Waals surface area contributed by atoms with Gasteiger partial charge in [0.1, 0.15) is 9.90 Å². The molecule has 0 radical (unpaired) electrons. The first-order valence-corrected chi connectivity index (χ1v) is 11.0. The predicted molar refractivity (Wildman–Crippen MR) is 100 cm³/mol. The Morgan fingerprint density at radius 2 is 2.12 bits per heavy atom. The second kappa shape index (κ2) is 7.82. The summed E-state index contributed by atoms with van der Waals surface area (Å²) in [6.45, 7) is 2.03. The maximum absolute atomic E-state index is 13.1. The largest absolute Gasteiger partial charge is 0.461 e. The maximum atomic E-state index is 13.1.